The summed E-state index contributed by atoms with van der Waals surface area (Å²) in [6.07, 6.45) is -4.93. The van der Waals surface area contributed by atoms with Crippen molar-refractivity contribution in [1.29, 1.82) is 0 Å². The van der Waals surface area contributed by atoms with Crippen LogP contribution in [-0.2, 0) is 17.5 Å². The molecular weight excluding hydrogens is 500 g/mol. The molecule has 0 saturated carbocycles. The van der Waals surface area contributed by atoms with E-state index in [2.05, 4.69) is 20.0 Å². The number of carbonyl (C=O) groups excluding carboxylic acids is 1. The number of pyridine rings is 2. The lowest BCUT2D eigenvalue weighted by Gasteiger charge is -2.18. The van der Waals surface area contributed by atoms with E-state index in [0.717, 1.165) is 12.1 Å². The minimum absolute atomic E-state index is 0.0246. The molecule has 3 rings (SSSR count). The molecule has 1 aromatic carbocycles. The van der Waals surface area contributed by atoms with E-state index in [1.807, 2.05) is 0 Å². The average Bonchev–Trinajstić information content (AvgIpc) is 2.76. The zero-order valence-electron chi connectivity index (χ0n) is 17.9. The quantitative estimate of drug-likeness (QED) is 0.266. The molecule has 13 heteroatoms. The highest BCUT2D eigenvalue weighted by Gasteiger charge is 2.39. The van der Waals surface area contributed by atoms with Crippen LogP contribution in [0.15, 0.2) is 41.3 Å². The summed E-state index contributed by atoms with van der Waals surface area (Å²) in [4.78, 5) is 20.5. The van der Waals surface area contributed by atoms with E-state index in [4.69, 9.17) is 16.3 Å². The van der Waals surface area contributed by atoms with Gasteiger partial charge in [-0.25, -0.2) is 9.97 Å². The van der Waals surface area contributed by atoms with Crippen molar-refractivity contribution < 1.29 is 31.6 Å². The van der Waals surface area contributed by atoms with Crippen LogP contribution in [0.4, 0.5) is 23.2 Å². The van der Waals surface area contributed by atoms with E-state index in [1.54, 1.807) is 6.07 Å². The Morgan fingerprint density at radius 2 is 1.88 bits per heavy atom. The summed E-state index contributed by atoms with van der Waals surface area (Å²) in [6.45, 7) is 2.59. The number of nitrogens with zero attached hydrogens (tertiary/aromatic N) is 2. The molecule has 1 atom stereocenters. The topological polar surface area (TPSA) is 99.2 Å². The highest BCUT2D eigenvalue weighted by atomic mass is 35.5. The van der Waals surface area contributed by atoms with Gasteiger partial charge in [-0.1, -0.05) is 17.7 Å². The van der Waals surface area contributed by atoms with Gasteiger partial charge in [-0.15, -0.1) is 4.72 Å². The second kappa shape index (κ2) is 10.1. The van der Waals surface area contributed by atoms with Gasteiger partial charge in [0.1, 0.15) is 5.56 Å². The van der Waals surface area contributed by atoms with Gasteiger partial charge in [0.25, 0.3) is 5.91 Å². The van der Waals surface area contributed by atoms with Gasteiger partial charge >= 0.3 is 6.18 Å². The van der Waals surface area contributed by atoms with Gasteiger partial charge in [0.05, 0.1) is 22.1 Å². The number of halogens is 5. The van der Waals surface area contributed by atoms with E-state index in [1.165, 1.54) is 39.1 Å². The third-order valence-corrected chi connectivity index (χ3v) is 6.05. The Balaban J connectivity index is 2.09. The normalized spacial score (nSPS) is 12.4. The molecule has 0 radical (unpaired) electrons. The highest BCUT2D eigenvalue weighted by Crippen LogP contribution is 2.40. The molecule has 0 saturated heterocycles. The van der Waals surface area contributed by atoms with Crippen LogP contribution in [-0.4, -0.2) is 27.5 Å². The van der Waals surface area contributed by atoms with E-state index >= 15 is 0 Å². The van der Waals surface area contributed by atoms with E-state index in [-0.39, 0.29) is 28.3 Å². The van der Waals surface area contributed by atoms with Gasteiger partial charge in [0, 0.05) is 18.8 Å². The van der Waals surface area contributed by atoms with Crippen molar-refractivity contribution in [3.63, 3.8) is 0 Å². The van der Waals surface area contributed by atoms with Crippen molar-refractivity contribution in [1.82, 2.24) is 14.7 Å². The zero-order valence-corrected chi connectivity index (χ0v) is 19.5. The first-order valence-corrected chi connectivity index (χ1v) is 11.0. The molecule has 0 spiro atoms. The molecule has 180 valence electrons. The number of alkyl halides is 3. The van der Waals surface area contributed by atoms with Crippen LogP contribution < -0.4 is 14.8 Å². The lowest BCUT2D eigenvalue weighted by atomic mass is 10.1. The van der Waals surface area contributed by atoms with Gasteiger partial charge < -0.3 is 14.6 Å². The molecule has 7 nitrogen and oxygen atoms in total. The third-order valence-electron chi connectivity index (χ3n) is 4.54. The highest BCUT2D eigenvalue weighted by molar-refractivity contribution is 7.89. The number of aryl methyl sites for hydroxylation is 1. The Hall–Kier alpha value is -2.93. The van der Waals surface area contributed by atoms with Crippen molar-refractivity contribution in [3.05, 3.63) is 69.9 Å². The second-order valence-corrected chi connectivity index (χ2v) is 8.65. The maximum absolute atomic E-state index is 13.5. The molecule has 0 aliphatic carbocycles. The Labute approximate surface area is 199 Å². The number of benzene rings is 1. The van der Waals surface area contributed by atoms with E-state index in [9.17, 15) is 26.9 Å². The fourth-order valence-electron chi connectivity index (χ4n) is 2.91. The monoisotopic (exact) mass is 516 g/mol. The van der Waals surface area contributed by atoms with Crippen LogP contribution in [0.25, 0.3) is 0 Å². The summed E-state index contributed by atoms with van der Waals surface area (Å²) < 4.78 is 73.9. The fourth-order valence-corrected chi connectivity index (χ4v) is 3.83. The SMILES string of the molecule is CN[S@+]([O-])c1cccc(NC(=O)c2c(Oc3ccc(F)nc3C)nc(C(F)(F)F)c(Cl)c2C)c1. The number of anilines is 1. The second-order valence-electron chi connectivity index (χ2n) is 6.85. The number of hydrogen-bond acceptors (Lipinski definition) is 6. The largest absolute Gasteiger partial charge is 0.593 e. The molecule has 34 heavy (non-hydrogen) atoms. The van der Waals surface area contributed by atoms with Gasteiger partial charge in [-0.3, -0.25) is 4.79 Å². The molecular formula is C21H17ClF4N4O3S. The van der Waals surface area contributed by atoms with E-state index < -0.39 is 46.0 Å². The Bertz CT molecular complexity index is 1240. The molecule has 2 N–H and O–H groups in total. The van der Waals surface area contributed by atoms with Gasteiger partial charge in [0.15, 0.2) is 16.3 Å². The number of hydrogen-bond donors (Lipinski definition) is 2. The summed E-state index contributed by atoms with van der Waals surface area (Å²) in [5, 5.41) is 1.74. The lowest BCUT2D eigenvalue weighted by Crippen LogP contribution is -2.20. The lowest BCUT2D eigenvalue weighted by molar-refractivity contribution is -0.141. The molecule has 2 aromatic heterocycles. The van der Waals surface area contributed by atoms with Crippen LogP contribution in [0.3, 0.4) is 0 Å². The van der Waals surface area contributed by atoms with Crippen LogP contribution in [0, 0.1) is 19.8 Å². The molecule has 0 fully saturated rings. The van der Waals surface area contributed by atoms with Crippen molar-refractivity contribution in [2.75, 3.05) is 12.4 Å². The first kappa shape index (κ1) is 25.7. The molecule has 2 heterocycles. The predicted octanol–water partition coefficient (Wildman–Crippen LogP) is 5.19. The minimum Gasteiger partial charge on any atom is -0.593 e. The molecule has 1 amide bonds. The van der Waals surface area contributed by atoms with Crippen LogP contribution in [0.5, 0.6) is 11.6 Å². The summed E-state index contributed by atoms with van der Waals surface area (Å²) in [5.74, 6) is -2.50. The molecule has 0 aliphatic rings. The predicted molar refractivity (Wildman–Crippen MR) is 118 cm³/mol. The van der Waals surface area contributed by atoms with Crippen molar-refractivity contribution in [2.24, 2.45) is 0 Å². The number of aromatic nitrogens is 2. The van der Waals surface area contributed by atoms with Crippen molar-refractivity contribution in [3.8, 4) is 11.6 Å². The Morgan fingerprint density at radius 1 is 1.18 bits per heavy atom. The maximum Gasteiger partial charge on any atom is 0.434 e. The summed E-state index contributed by atoms with van der Waals surface area (Å²) in [5.41, 5.74) is -1.82. The summed E-state index contributed by atoms with van der Waals surface area (Å²) >= 11 is 4.38. The third kappa shape index (κ3) is 5.58. The minimum atomic E-state index is -4.93. The van der Waals surface area contributed by atoms with Crippen LogP contribution in [0.2, 0.25) is 5.02 Å². The number of carbonyl (C=O) groups is 1. The summed E-state index contributed by atoms with van der Waals surface area (Å²) in [7, 11) is 1.48. The summed E-state index contributed by atoms with van der Waals surface area (Å²) in [6, 6.07) is 8.11. The smallest absolute Gasteiger partial charge is 0.434 e. The number of ether oxygens (including phenoxy) is 1. The van der Waals surface area contributed by atoms with Crippen LogP contribution >= 0.6 is 11.6 Å². The molecule has 0 bridgehead atoms. The first-order valence-electron chi connectivity index (χ1n) is 9.51. The number of rotatable bonds is 6. The Kier molecular flexibility index (Phi) is 7.66. The first-order chi connectivity index (χ1) is 15.9. The van der Waals surface area contributed by atoms with Crippen molar-refractivity contribution >= 4 is 34.6 Å². The van der Waals surface area contributed by atoms with Gasteiger partial charge in [0.2, 0.25) is 11.8 Å². The van der Waals surface area contributed by atoms with Gasteiger partial charge in [-0.2, -0.15) is 17.6 Å². The Morgan fingerprint density at radius 3 is 2.50 bits per heavy atom. The average molecular weight is 517 g/mol. The fraction of sp³-hybridized carbons (Fsp3) is 0.190. The molecule has 3 aromatic rings. The molecule has 0 unspecified atom stereocenters. The van der Waals surface area contributed by atoms with Crippen LogP contribution in [0.1, 0.15) is 27.3 Å². The number of amides is 1. The maximum atomic E-state index is 13.5. The zero-order chi connectivity index (χ0) is 25.2. The molecule has 0 aliphatic heterocycles. The van der Waals surface area contributed by atoms with E-state index in [0.29, 0.717) is 4.90 Å². The van der Waals surface area contributed by atoms with Gasteiger partial charge in [-0.05, 0) is 43.7 Å². The number of nitrogens with one attached hydrogen (secondary N) is 2. The standard InChI is InChI=1S/C21H17ClF4N4O3S/c1-10-16(19(31)29-12-5-4-6-13(9-12)34(32)27-3)20(30-18(17(10)22)21(24,25)26)33-14-7-8-15(23)28-11(14)2/h4-9,27H,1-3H3,(H,29,31)/t34-/m1/s1. The van der Waals surface area contributed by atoms with Crippen molar-refractivity contribution in [2.45, 2.75) is 24.9 Å².